The van der Waals surface area contributed by atoms with Crippen LogP contribution in [0.5, 0.6) is 5.75 Å². The lowest BCUT2D eigenvalue weighted by Crippen LogP contribution is -2.46. The number of hydrogen-bond donors (Lipinski definition) is 0. The van der Waals surface area contributed by atoms with Crippen LogP contribution >= 0.6 is 0 Å². The summed E-state index contributed by atoms with van der Waals surface area (Å²) in [6.45, 7) is 5.51. The predicted molar refractivity (Wildman–Crippen MR) is 86.0 cm³/mol. The van der Waals surface area contributed by atoms with E-state index < -0.39 is 0 Å². The largest absolute Gasteiger partial charge is 0.494 e. The van der Waals surface area contributed by atoms with Crippen LogP contribution in [-0.2, 0) is 4.74 Å². The van der Waals surface area contributed by atoms with Gasteiger partial charge in [0, 0.05) is 26.2 Å². The monoisotopic (exact) mass is 303 g/mol. The molecule has 0 saturated carbocycles. The van der Waals surface area contributed by atoms with Gasteiger partial charge in [0.2, 0.25) is 0 Å². The van der Waals surface area contributed by atoms with Crippen molar-refractivity contribution in [3.05, 3.63) is 29.8 Å². The Morgan fingerprint density at radius 2 is 2.14 bits per heavy atom. The summed E-state index contributed by atoms with van der Waals surface area (Å²) in [5.41, 5.74) is 0.660. The van der Waals surface area contributed by atoms with E-state index in [4.69, 9.17) is 14.7 Å². The molecule has 0 bridgehead atoms. The lowest BCUT2D eigenvalue weighted by Gasteiger charge is -2.34. The van der Waals surface area contributed by atoms with E-state index in [0.717, 1.165) is 45.0 Å². The first kappa shape index (κ1) is 16.8. The van der Waals surface area contributed by atoms with Crippen molar-refractivity contribution in [2.24, 2.45) is 0 Å². The molecule has 5 nitrogen and oxygen atoms in total. The summed E-state index contributed by atoms with van der Waals surface area (Å²) < 4.78 is 11.5. The van der Waals surface area contributed by atoms with E-state index in [0.29, 0.717) is 18.3 Å². The Labute approximate surface area is 133 Å². The van der Waals surface area contributed by atoms with E-state index in [1.807, 2.05) is 12.1 Å². The first-order valence-electron chi connectivity index (χ1n) is 7.79. The van der Waals surface area contributed by atoms with Crippen molar-refractivity contribution >= 4 is 0 Å². The minimum Gasteiger partial charge on any atom is -0.494 e. The van der Waals surface area contributed by atoms with Gasteiger partial charge >= 0.3 is 0 Å². The maximum Gasteiger partial charge on any atom is 0.119 e. The van der Waals surface area contributed by atoms with Gasteiger partial charge in [0.15, 0.2) is 0 Å². The third kappa shape index (κ3) is 5.64. The molecule has 22 heavy (non-hydrogen) atoms. The van der Waals surface area contributed by atoms with Gasteiger partial charge in [0.25, 0.3) is 0 Å². The zero-order chi connectivity index (χ0) is 15.8. The van der Waals surface area contributed by atoms with Crippen LogP contribution in [0.15, 0.2) is 24.3 Å². The van der Waals surface area contributed by atoms with Gasteiger partial charge in [-0.1, -0.05) is 0 Å². The SMILES string of the molecule is CN(C)CC1CN(CCCOc2ccc(C#N)cc2)CCO1. The average Bonchev–Trinajstić information content (AvgIpc) is 2.52. The number of rotatable bonds is 7. The third-order valence-corrected chi connectivity index (χ3v) is 3.66. The fourth-order valence-electron chi connectivity index (χ4n) is 2.61. The van der Waals surface area contributed by atoms with Crippen LogP contribution in [0.4, 0.5) is 0 Å². The Morgan fingerprint density at radius 1 is 1.36 bits per heavy atom. The van der Waals surface area contributed by atoms with Crippen LogP contribution < -0.4 is 4.74 Å². The fourth-order valence-corrected chi connectivity index (χ4v) is 2.61. The van der Waals surface area contributed by atoms with Gasteiger partial charge < -0.3 is 14.4 Å². The maximum absolute atomic E-state index is 8.75. The molecule has 120 valence electrons. The van der Waals surface area contributed by atoms with E-state index in [1.54, 1.807) is 12.1 Å². The molecule has 1 aliphatic rings. The Kier molecular flexibility index (Phi) is 6.66. The lowest BCUT2D eigenvalue weighted by atomic mass is 10.2. The summed E-state index contributed by atoms with van der Waals surface area (Å²) in [7, 11) is 4.15. The normalized spacial score (nSPS) is 19.1. The fraction of sp³-hybridized carbons (Fsp3) is 0.588. The summed E-state index contributed by atoms with van der Waals surface area (Å²) in [6.07, 6.45) is 1.30. The third-order valence-electron chi connectivity index (χ3n) is 3.66. The van der Waals surface area contributed by atoms with E-state index in [9.17, 15) is 0 Å². The Morgan fingerprint density at radius 3 is 2.82 bits per heavy atom. The van der Waals surface area contributed by atoms with E-state index in [-0.39, 0.29) is 0 Å². The molecule has 0 N–H and O–H groups in total. The molecular weight excluding hydrogens is 278 g/mol. The van der Waals surface area contributed by atoms with Crippen LogP contribution in [0.25, 0.3) is 0 Å². The summed E-state index contributed by atoms with van der Waals surface area (Å²) in [5, 5.41) is 8.75. The number of benzene rings is 1. The molecule has 1 unspecified atom stereocenters. The topological polar surface area (TPSA) is 48.7 Å². The Bertz CT molecular complexity index is 482. The Balaban J connectivity index is 1.64. The van der Waals surface area contributed by atoms with E-state index in [1.165, 1.54) is 0 Å². The first-order chi connectivity index (χ1) is 10.7. The van der Waals surface area contributed by atoms with Gasteiger partial charge in [-0.15, -0.1) is 0 Å². The number of hydrogen-bond acceptors (Lipinski definition) is 5. The second kappa shape index (κ2) is 8.74. The van der Waals surface area contributed by atoms with Crippen LogP contribution in [0, 0.1) is 11.3 Å². The highest BCUT2D eigenvalue weighted by Gasteiger charge is 2.20. The number of nitriles is 1. The molecule has 1 heterocycles. The molecule has 1 atom stereocenters. The van der Waals surface area contributed by atoms with Gasteiger partial charge in [0.1, 0.15) is 5.75 Å². The van der Waals surface area contributed by atoms with Crippen molar-refractivity contribution in [2.45, 2.75) is 12.5 Å². The van der Waals surface area contributed by atoms with Crippen molar-refractivity contribution in [2.75, 3.05) is 53.5 Å². The van der Waals surface area contributed by atoms with E-state index in [2.05, 4.69) is 30.0 Å². The highest BCUT2D eigenvalue weighted by molar-refractivity contribution is 5.34. The van der Waals surface area contributed by atoms with Crippen LogP contribution in [-0.4, -0.2) is 69.4 Å². The molecule has 0 amide bonds. The quantitative estimate of drug-likeness (QED) is 0.716. The number of nitrogens with zero attached hydrogens (tertiary/aromatic N) is 3. The first-order valence-corrected chi connectivity index (χ1v) is 7.79. The second-order valence-corrected chi connectivity index (χ2v) is 5.89. The smallest absolute Gasteiger partial charge is 0.119 e. The molecule has 0 aliphatic carbocycles. The standard InChI is InChI=1S/C17H25N3O2/c1-19(2)13-17-14-20(9-11-22-17)8-3-10-21-16-6-4-15(12-18)5-7-16/h4-7,17H,3,8-11,13-14H2,1-2H3. The van der Waals surface area contributed by atoms with Gasteiger partial charge in [0.05, 0.1) is 31.0 Å². The number of likely N-dealkylation sites (N-methyl/N-ethyl adjacent to an activating group) is 1. The summed E-state index contributed by atoms with van der Waals surface area (Å²) in [4.78, 5) is 4.61. The summed E-state index contributed by atoms with van der Waals surface area (Å²) in [6, 6.07) is 9.36. The minimum atomic E-state index is 0.309. The van der Waals surface area contributed by atoms with Gasteiger partial charge in [-0.05, 0) is 44.8 Å². The van der Waals surface area contributed by atoms with Crippen LogP contribution in [0.2, 0.25) is 0 Å². The average molecular weight is 303 g/mol. The Hall–Kier alpha value is -1.61. The highest BCUT2D eigenvalue weighted by atomic mass is 16.5. The molecule has 0 aromatic heterocycles. The molecule has 0 radical (unpaired) electrons. The zero-order valence-electron chi connectivity index (χ0n) is 13.5. The van der Waals surface area contributed by atoms with Crippen LogP contribution in [0.3, 0.4) is 0 Å². The van der Waals surface area contributed by atoms with Gasteiger partial charge in [-0.3, -0.25) is 4.90 Å². The molecule has 0 spiro atoms. The number of ether oxygens (including phenoxy) is 2. The molecule has 1 fully saturated rings. The molecule has 1 aliphatic heterocycles. The zero-order valence-corrected chi connectivity index (χ0v) is 13.5. The van der Waals surface area contributed by atoms with Crippen LogP contribution in [0.1, 0.15) is 12.0 Å². The highest BCUT2D eigenvalue weighted by Crippen LogP contribution is 2.12. The lowest BCUT2D eigenvalue weighted by molar-refractivity contribution is -0.0388. The molecule has 1 aromatic rings. The predicted octanol–water partition coefficient (Wildman–Crippen LogP) is 1.59. The molecule has 5 heteroatoms. The van der Waals surface area contributed by atoms with Crippen molar-refractivity contribution in [1.29, 1.82) is 5.26 Å². The van der Waals surface area contributed by atoms with Crippen molar-refractivity contribution in [3.8, 4) is 11.8 Å². The number of morpholine rings is 1. The minimum absolute atomic E-state index is 0.309. The molecule has 1 saturated heterocycles. The van der Waals surface area contributed by atoms with Crippen molar-refractivity contribution in [3.63, 3.8) is 0 Å². The van der Waals surface area contributed by atoms with Crippen molar-refractivity contribution < 1.29 is 9.47 Å². The molecule has 1 aromatic carbocycles. The summed E-state index contributed by atoms with van der Waals surface area (Å²) >= 11 is 0. The molecular formula is C17H25N3O2. The molecule has 2 rings (SSSR count). The van der Waals surface area contributed by atoms with Gasteiger partial charge in [-0.2, -0.15) is 5.26 Å². The maximum atomic E-state index is 8.75. The van der Waals surface area contributed by atoms with Crippen molar-refractivity contribution in [1.82, 2.24) is 9.80 Å². The summed E-state index contributed by atoms with van der Waals surface area (Å²) in [5.74, 6) is 0.825. The second-order valence-electron chi connectivity index (χ2n) is 5.89. The van der Waals surface area contributed by atoms with E-state index >= 15 is 0 Å². The van der Waals surface area contributed by atoms with Gasteiger partial charge in [-0.25, -0.2) is 0 Å².